The van der Waals surface area contributed by atoms with E-state index >= 15 is 0 Å². The number of benzene rings is 2. The first-order valence-corrected chi connectivity index (χ1v) is 7.79. The van der Waals surface area contributed by atoms with Crippen LogP contribution < -0.4 is 4.74 Å². The second-order valence-corrected chi connectivity index (χ2v) is 5.81. The first-order chi connectivity index (χ1) is 11.0. The number of rotatable bonds is 6. The largest absolute Gasteiger partial charge is 0.487 e. The Morgan fingerprint density at radius 1 is 1.09 bits per heavy atom. The third-order valence-corrected chi connectivity index (χ3v) is 3.78. The standard InChI is InChI=1S/C17H13Cl3O3/c1-2-7-22-17(21)11-4-6-16(15(20)8-11)23-10-12-3-5-13(18)9-14(12)19/h2-6,8-9H,1,7,10H2. The number of carbonyl (C=O) groups is 1. The molecule has 0 aliphatic rings. The van der Waals surface area contributed by atoms with E-state index in [-0.39, 0.29) is 13.2 Å². The highest BCUT2D eigenvalue weighted by molar-refractivity contribution is 6.35. The Balaban J connectivity index is 2.06. The number of hydrogen-bond donors (Lipinski definition) is 0. The molecule has 0 spiro atoms. The second kappa shape index (κ2) is 8.25. The van der Waals surface area contributed by atoms with Crippen molar-refractivity contribution in [3.63, 3.8) is 0 Å². The summed E-state index contributed by atoms with van der Waals surface area (Å²) in [6.07, 6.45) is 1.49. The average molecular weight is 372 g/mol. The van der Waals surface area contributed by atoms with Crippen molar-refractivity contribution in [2.75, 3.05) is 6.61 Å². The minimum atomic E-state index is -0.473. The fourth-order valence-corrected chi connectivity index (χ4v) is 2.46. The van der Waals surface area contributed by atoms with E-state index in [1.165, 1.54) is 12.1 Å². The highest BCUT2D eigenvalue weighted by Crippen LogP contribution is 2.28. The van der Waals surface area contributed by atoms with Crippen LogP contribution in [0.2, 0.25) is 15.1 Å². The van der Waals surface area contributed by atoms with E-state index in [2.05, 4.69) is 6.58 Å². The van der Waals surface area contributed by atoms with Crippen molar-refractivity contribution >= 4 is 40.8 Å². The maximum absolute atomic E-state index is 11.7. The van der Waals surface area contributed by atoms with Gasteiger partial charge in [0.05, 0.1) is 10.6 Å². The van der Waals surface area contributed by atoms with Gasteiger partial charge in [0.25, 0.3) is 0 Å². The summed E-state index contributed by atoms with van der Waals surface area (Å²) in [5.74, 6) is -0.0305. The third-order valence-electron chi connectivity index (χ3n) is 2.90. The second-order valence-electron chi connectivity index (χ2n) is 4.56. The quantitative estimate of drug-likeness (QED) is 0.492. The lowest BCUT2D eigenvalue weighted by molar-refractivity contribution is 0.0549. The molecular weight excluding hydrogens is 359 g/mol. The van der Waals surface area contributed by atoms with Gasteiger partial charge in [0.15, 0.2) is 0 Å². The van der Waals surface area contributed by atoms with Gasteiger partial charge in [-0.2, -0.15) is 0 Å². The molecule has 0 aliphatic heterocycles. The van der Waals surface area contributed by atoms with Gasteiger partial charge in [0, 0.05) is 15.6 Å². The van der Waals surface area contributed by atoms with Crippen molar-refractivity contribution in [3.05, 3.63) is 75.2 Å². The Bertz CT molecular complexity index is 729. The molecule has 0 aliphatic carbocycles. The molecule has 0 saturated carbocycles. The van der Waals surface area contributed by atoms with Gasteiger partial charge >= 0.3 is 5.97 Å². The molecule has 0 radical (unpaired) electrons. The Hall–Kier alpha value is -1.68. The molecule has 0 fully saturated rings. The van der Waals surface area contributed by atoms with Gasteiger partial charge < -0.3 is 9.47 Å². The van der Waals surface area contributed by atoms with Crippen molar-refractivity contribution in [2.45, 2.75) is 6.61 Å². The van der Waals surface area contributed by atoms with Crippen LogP contribution in [0, 0.1) is 0 Å². The summed E-state index contributed by atoms with van der Waals surface area (Å²) in [5.41, 5.74) is 1.12. The molecule has 2 rings (SSSR count). The Labute approximate surface area is 149 Å². The van der Waals surface area contributed by atoms with Gasteiger partial charge in [-0.15, -0.1) is 0 Å². The minimum Gasteiger partial charge on any atom is -0.487 e. The molecule has 2 aromatic rings. The highest BCUT2D eigenvalue weighted by Gasteiger charge is 2.11. The van der Waals surface area contributed by atoms with Gasteiger partial charge in [0.2, 0.25) is 0 Å². The Morgan fingerprint density at radius 3 is 2.52 bits per heavy atom. The van der Waals surface area contributed by atoms with Crippen LogP contribution in [0.15, 0.2) is 49.1 Å². The summed E-state index contributed by atoms with van der Waals surface area (Å²) >= 11 is 18.1. The molecule has 3 nitrogen and oxygen atoms in total. The highest BCUT2D eigenvalue weighted by atomic mass is 35.5. The lowest BCUT2D eigenvalue weighted by Crippen LogP contribution is -2.05. The number of hydrogen-bond acceptors (Lipinski definition) is 3. The molecule has 2 aromatic carbocycles. The first-order valence-electron chi connectivity index (χ1n) is 6.65. The van der Waals surface area contributed by atoms with E-state index in [4.69, 9.17) is 44.3 Å². The summed E-state index contributed by atoms with van der Waals surface area (Å²) in [6.45, 7) is 3.86. The molecule has 0 heterocycles. The molecular formula is C17H13Cl3O3. The summed E-state index contributed by atoms with van der Waals surface area (Å²) in [6, 6.07) is 9.83. The molecule has 120 valence electrons. The van der Waals surface area contributed by atoms with E-state index in [1.54, 1.807) is 30.3 Å². The molecule has 0 aromatic heterocycles. The predicted octanol–water partition coefficient (Wildman–Crippen LogP) is 5.57. The van der Waals surface area contributed by atoms with Gasteiger partial charge in [-0.05, 0) is 30.3 Å². The molecule has 23 heavy (non-hydrogen) atoms. The SMILES string of the molecule is C=CCOC(=O)c1ccc(OCc2ccc(Cl)cc2Cl)c(Cl)c1. The van der Waals surface area contributed by atoms with Gasteiger partial charge in [0.1, 0.15) is 19.0 Å². The van der Waals surface area contributed by atoms with Crippen LogP contribution in [0.5, 0.6) is 5.75 Å². The maximum Gasteiger partial charge on any atom is 0.338 e. The van der Waals surface area contributed by atoms with Crippen molar-refractivity contribution in [2.24, 2.45) is 0 Å². The molecule has 0 saturated heterocycles. The van der Waals surface area contributed by atoms with E-state index in [0.29, 0.717) is 26.4 Å². The third kappa shape index (κ3) is 4.90. The number of halogens is 3. The van der Waals surface area contributed by atoms with E-state index in [0.717, 1.165) is 5.56 Å². The van der Waals surface area contributed by atoms with Crippen LogP contribution in [-0.4, -0.2) is 12.6 Å². The molecule has 0 bridgehead atoms. The maximum atomic E-state index is 11.7. The van der Waals surface area contributed by atoms with Crippen LogP contribution in [0.25, 0.3) is 0 Å². The van der Waals surface area contributed by atoms with E-state index < -0.39 is 5.97 Å². The summed E-state index contributed by atoms with van der Waals surface area (Å²) in [5, 5.41) is 1.38. The predicted molar refractivity (Wildman–Crippen MR) is 92.7 cm³/mol. The van der Waals surface area contributed by atoms with Crippen LogP contribution in [0.4, 0.5) is 0 Å². The Kier molecular flexibility index (Phi) is 6.34. The molecule has 0 unspecified atom stereocenters. The van der Waals surface area contributed by atoms with Crippen LogP contribution in [0.3, 0.4) is 0 Å². The van der Waals surface area contributed by atoms with Crippen LogP contribution >= 0.6 is 34.8 Å². The molecule has 0 N–H and O–H groups in total. The summed E-state index contributed by atoms with van der Waals surface area (Å²) < 4.78 is 10.6. The lowest BCUT2D eigenvalue weighted by Gasteiger charge is -2.10. The number of esters is 1. The van der Waals surface area contributed by atoms with E-state index in [1.807, 2.05) is 0 Å². The van der Waals surface area contributed by atoms with Crippen molar-refractivity contribution in [3.8, 4) is 5.75 Å². The normalized spacial score (nSPS) is 10.2. The zero-order chi connectivity index (χ0) is 16.8. The first kappa shape index (κ1) is 17.7. The van der Waals surface area contributed by atoms with Gasteiger partial charge in [-0.3, -0.25) is 0 Å². The summed E-state index contributed by atoms with van der Waals surface area (Å²) in [4.78, 5) is 11.7. The van der Waals surface area contributed by atoms with Crippen LogP contribution in [-0.2, 0) is 11.3 Å². The lowest BCUT2D eigenvalue weighted by atomic mass is 10.2. The minimum absolute atomic E-state index is 0.143. The zero-order valence-corrected chi connectivity index (χ0v) is 14.3. The number of ether oxygens (including phenoxy) is 2. The van der Waals surface area contributed by atoms with Crippen molar-refractivity contribution in [1.29, 1.82) is 0 Å². The fraction of sp³-hybridized carbons (Fsp3) is 0.118. The Morgan fingerprint density at radius 2 is 1.87 bits per heavy atom. The van der Waals surface area contributed by atoms with E-state index in [9.17, 15) is 4.79 Å². The molecule has 6 heteroatoms. The molecule has 0 amide bonds. The topological polar surface area (TPSA) is 35.5 Å². The average Bonchev–Trinajstić information content (AvgIpc) is 2.52. The van der Waals surface area contributed by atoms with Gasteiger partial charge in [-0.1, -0.05) is 53.5 Å². The van der Waals surface area contributed by atoms with Crippen molar-refractivity contribution in [1.82, 2.24) is 0 Å². The zero-order valence-electron chi connectivity index (χ0n) is 12.0. The summed E-state index contributed by atoms with van der Waals surface area (Å²) in [7, 11) is 0. The fourth-order valence-electron chi connectivity index (χ4n) is 1.76. The molecule has 0 atom stereocenters. The van der Waals surface area contributed by atoms with Crippen molar-refractivity contribution < 1.29 is 14.3 Å². The van der Waals surface area contributed by atoms with Crippen LogP contribution in [0.1, 0.15) is 15.9 Å². The smallest absolute Gasteiger partial charge is 0.338 e. The number of carbonyl (C=O) groups excluding carboxylic acids is 1. The van der Waals surface area contributed by atoms with Gasteiger partial charge in [-0.25, -0.2) is 4.79 Å². The monoisotopic (exact) mass is 370 g/mol.